The van der Waals surface area contributed by atoms with Crippen LogP contribution in [0.25, 0.3) is 0 Å². The van der Waals surface area contributed by atoms with E-state index in [0.29, 0.717) is 15.8 Å². The van der Waals surface area contributed by atoms with Crippen LogP contribution in [0.1, 0.15) is 25.8 Å². The van der Waals surface area contributed by atoms with E-state index in [1.165, 1.54) is 0 Å². The molecule has 0 aliphatic rings. The van der Waals surface area contributed by atoms with Gasteiger partial charge in [-0.1, -0.05) is 59.0 Å². The molecule has 0 saturated carbocycles. The van der Waals surface area contributed by atoms with Crippen LogP contribution in [-0.4, -0.2) is 4.83 Å². The maximum atomic E-state index is 6.10. The smallest absolute Gasteiger partial charge is 0.0453 e. The van der Waals surface area contributed by atoms with Crippen LogP contribution in [0.15, 0.2) is 18.2 Å². The molecule has 0 bridgehead atoms. The summed E-state index contributed by atoms with van der Waals surface area (Å²) in [5, 5.41) is 1.45. The van der Waals surface area contributed by atoms with Gasteiger partial charge in [-0.2, -0.15) is 0 Å². The molecule has 0 nitrogen and oxygen atoms in total. The van der Waals surface area contributed by atoms with Crippen molar-refractivity contribution in [3.63, 3.8) is 0 Å². The molecule has 0 N–H and O–H groups in total. The summed E-state index contributed by atoms with van der Waals surface area (Å²) >= 11 is 15.6. The Morgan fingerprint density at radius 2 is 1.93 bits per heavy atom. The van der Waals surface area contributed by atoms with E-state index in [1.807, 2.05) is 12.1 Å². The average Bonchev–Trinajstić information content (AvgIpc) is 2.08. The predicted octanol–water partition coefficient (Wildman–Crippen LogP) is 5.35. The molecule has 1 rings (SSSR count). The molecule has 1 aromatic carbocycles. The van der Waals surface area contributed by atoms with Gasteiger partial charge in [-0.25, -0.2) is 0 Å². The Balaban J connectivity index is 2.64. The fraction of sp³-hybridized carbons (Fsp3) is 0.500. The summed E-state index contributed by atoms with van der Waals surface area (Å²) in [7, 11) is 0. The monoisotopic (exact) mass is 308 g/mol. The van der Waals surface area contributed by atoms with Crippen LogP contribution in [0.4, 0.5) is 0 Å². The summed E-state index contributed by atoms with van der Waals surface area (Å²) in [5.74, 6) is 0.695. The number of halogens is 3. The quantitative estimate of drug-likeness (QED) is 0.658. The minimum absolute atomic E-state index is 0.483. The molecule has 0 aromatic heterocycles. The van der Waals surface area contributed by atoms with Gasteiger partial charge in [-0.15, -0.1) is 0 Å². The Kier molecular flexibility index (Phi) is 5.45. The van der Waals surface area contributed by atoms with Crippen molar-refractivity contribution >= 4 is 39.1 Å². The van der Waals surface area contributed by atoms with Gasteiger partial charge in [0.05, 0.1) is 0 Å². The second-order valence-electron chi connectivity index (χ2n) is 4.17. The van der Waals surface area contributed by atoms with Gasteiger partial charge in [0.25, 0.3) is 0 Å². The van der Waals surface area contributed by atoms with Crippen LogP contribution in [0, 0.1) is 5.92 Å². The minimum atomic E-state index is 0.483. The van der Waals surface area contributed by atoms with Crippen LogP contribution in [0.3, 0.4) is 0 Å². The third-order valence-electron chi connectivity index (χ3n) is 2.18. The van der Waals surface area contributed by atoms with E-state index in [0.717, 1.165) is 23.4 Å². The SMILES string of the molecule is CC(C)CC(Br)Cc1ccc(Cl)cc1Cl. The van der Waals surface area contributed by atoms with Crippen molar-refractivity contribution in [3.05, 3.63) is 33.8 Å². The normalized spacial score (nSPS) is 13.2. The molecule has 1 aromatic rings. The van der Waals surface area contributed by atoms with Crippen LogP contribution in [0.2, 0.25) is 10.0 Å². The Morgan fingerprint density at radius 1 is 1.27 bits per heavy atom. The number of hydrogen-bond acceptors (Lipinski definition) is 0. The van der Waals surface area contributed by atoms with Gasteiger partial charge in [0.2, 0.25) is 0 Å². The average molecular weight is 310 g/mol. The lowest BCUT2D eigenvalue weighted by Crippen LogP contribution is -2.06. The molecule has 0 saturated heterocycles. The molecule has 0 spiro atoms. The molecule has 1 atom stereocenters. The summed E-state index contributed by atoms with van der Waals surface area (Å²) in [6.07, 6.45) is 2.10. The van der Waals surface area contributed by atoms with Crippen molar-refractivity contribution in [1.29, 1.82) is 0 Å². The highest BCUT2D eigenvalue weighted by Gasteiger charge is 2.10. The molecule has 1 unspecified atom stereocenters. The van der Waals surface area contributed by atoms with Gasteiger partial charge in [0.1, 0.15) is 0 Å². The third-order valence-corrected chi connectivity index (χ3v) is 3.47. The van der Waals surface area contributed by atoms with Crippen LogP contribution < -0.4 is 0 Å². The highest BCUT2D eigenvalue weighted by molar-refractivity contribution is 9.09. The second kappa shape index (κ2) is 6.12. The van der Waals surface area contributed by atoms with Gasteiger partial charge in [-0.3, -0.25) is 0 Å². The molecular formula is C12H15BrCl2. The van der Waals surface area contributed by atoms with E-state index >= 15 is 0 Å². The summed E-state index contributed by atoms with van der Waals surface area (Å²) in [6, 6.07) is 5.69. The van der Waals surface area contributed by atoms with Gasteiger partial charge in [-0.05, 0) is 36.5 Å². The van der Waals surface area contributed by atoms with E-state index in [9.17, 15) is 0 Å². The standard InChI is InChI=1S/C12H15BrCl2/c1-8(2)5-10(13)6-9-3-4-11(14)7-12(9)15/h3-4,7-8,10H,5-6H2,1-2H3. The van der Waals surface area contributed by atoms with Crippen molar-refractivity contribution < 1.29 is 0 Å². The molecule has 0 aliphatic heterocycles. The third kappa shape index (κ3) is 4.76. The van der Waals surface area contributed by atoms with E-state index in [1.54, 1.807) is 6.07 Å². The zero-order chi connectivity index (χ0) is 11.4. The topological polar surface area (TPSA) is 0 Å². The zero-order valence-electron chi connectivity index (χ0n) is 8.93. The second-order valence-corrected chi connectivity index (χ2v) is 6.31. The summed E-state index contributed by atoms with van der Waals surface area (Å²) in [6.45, 7) is 4.44. The van der Waals surface area contributed by atoms with E-state index in [4.69, 9.17) is 23.2 Å². The first-order chi connectivity index (χ1) is 6.99. The van der Waals surface area contributed by atoms with Gasteiger partial charge in [0.15, 0.2) is 0 Å². The predicted molar refractivity (Wildman–Crippen MR) is 72.3 cm³/mol. The molecule has 0 radical (unpaired) electrons. The number of benzene rings is 1. The largest absolute Gasteiger partial charge is 0.0887 e. The minimum Gasteiger partial charge on any atom is -0.0887 e. The van der Waals surface area contributed by atoms with Crippen molar-refractivity contribution in [1.82, 2.24) is 0 Å². The number of alkyl halides is 1. The van der Waals surface area contributed by atoms with E-state index in [2.05, 4.69) is 29.8 Å². The van der Waals surface area contributed by atoms with Crippen molar-refractivity contribution in [2.45, 2.75) is 31.5 Å². The lowest BCUT2D eigenvalue weighted by atomic mass is 10.0. The Morgan fingerprint density at radius 3 is 2.47 bits per heavy atom. The van der Waals surface area contributed by atoms with Gasteiger partial charge in [0, 0.05) is 14.9 Å². The van der Waals surface area contributed by atoms with Crippen molar-refractivity contribution in [2.75, 3.05) is 0 Å². The maximum absolute atomic E-state index is 6.10. The summed E-state index contributed by atoms with van der Waals surface area (Å²) in [4.78, 5) is 0.483. The van der Waals surface area contributed by atoms with Gasteiger partial charge < -0.3 is 0 Å². The lowest BCUT2D eigenvalue weighted by Gasteiger charge is -2.13. The first-order valence-corrected chi connectivity index (χ1v) is 6.74. The Labute approximate surface area is 110 Å². The number of rotatable bonds is 4. The molecular weight excluding hydrogens is 295 g/mol. The first kappa shape index (κ1) is 13.3. The molecule has 0 heterocycles. The zero-order valence-corrected chi connectivity index (χ0v) is 12.0. The van der Waals surface area contributed by atoms with Crippen LogP contribution >= 0.6 is 39.1 Å². The van der Waals surface area contributed by atoms with Crippen molar-refractivity contribution in [3.8, 4) is 0 Å². The summed E-state index contributed by atoms with van der Waals surface area (Å²) in [5.41, 5.74) is 1.16. The van der Waals surface area contributed by atoms with Crippen molar-refractivity contribution in [2.24, 2.45) is 5.92 Å². The lowest BCUT2D eigenvalue weighted by molar-refractivity contribution is 0.571. The van der Waals surface area contributed by atoms with Gasteiger partial charge >= 0.3 is 0 Å². The molecule has 84 valence electrons. The molecule has 15 heavy (non-hydrogen) atoms. The molecule has 0 amide bonds. The van der Waals surface area contributed by atoms with Crippen LogP contribution in [0.5, 0.6) is 0 Å². The fourth-order valence-corrected chi connectivity index (χ4v) is 3.10. The Hall–Kier alpha value is 0.280. The molecule has 0 aliphatic carbocycles. The van der Waals surface area contributed by atoms with E-state index in [-0.39, 0.29) is 0 Å². The number of hydrogen-bond donors (Lipinski definition) is 0. The first-order valence-electron chi connectivity index (χ1n) is 5.07. The fourth-order valence-electron chi connectivity index (χ4n) is 1.52. The highest BCUT2D eigenvalue weighted by atomic mass is 79.9. The Bertz CT molecular complexity index is 323. The highest BCUT2D eigenvalue weighted by Crippen LogP contribution is 2.25. The summed E-state index contributed by atoms with van der Waals surface area (Å²) < 4.78 is 0. The van der Waals surface area contributed by atoms with Crippen LogP contribution in [-0.2, 0) is 6.42 Å². The maximum Gasteiger partial charge on any atom is 0.0453 e. The molecule has 0 fully saturated rings. The molecule has 3 heteroatoms. The van der Waals surface area contributed by atoms with E-state index < -0.39 is 0 Å².